The molecule has 98 valence electrons. The molecule has 18 heavy (non-hydrogen) atoms. The van der Waals surface area contributed by atoms with Crippen molar-refractivity contribution in [2.75, 3.05) is 11.9 Å². The summed E-state index contributed by atoms with van der Waals surface area (Å²) in [5.41, 5.74) is 0.667. The largest absolute Gasteiger partial charge is 0.477 e. The van der Waals surface area contributed by atoms with E-state index in [1.807, 2.05) is 0 Å². The zero-order valence-corrected chi connectivity index (χ0v) is 10.9. The summed E-state index contributed by atoms with van der Waals surface area (Å²) in [6, 6.07) is 1.68. The smallest absolute Gasteiger partial charge is 0.346 e. The summed E-state index contributed by atoms with van der Waals surface area (Å²) in [5.74, 6) is -1.09. The van der Waals surface area contributed by atoms with Crippen LogP contribution in [-0.4, -0.2) is 29.7 Å². The van der Waals surface area contributed by atoms with Crippen LogP contribution in [0, 0.1) is 6.92 Å². The topological polar surface area (TPSA) is 75.6 Å². The number of ether oxygens (including phenoxy) is 1. The van der Waals surface area contributed by atoms with E-state index in [0.29, 0.717) is 17.0 Å². The van der Waals surface area contributed by atoms with E-state index in [1.165, 1.54) is 0 Å². The summed E-state index contributed by atoms with van der Waals surface area (Å²) < 4.78 is 5.38. The molecule has 0 saturated carbocycles. The van der Waals surface area contributed by atoms with Crippen molar-refractivity contribution in [3.05, 3.63) is 16.5 Å². The van der Waals surface area contributed by atoms with Crippen molar-refractivity contribution in [2.24, 2.45) is 0 Å². The molecule has 1 aliphatic heterocycles. The van der Waals surface area contributed by atoms with Crippen LogP contribution in [0.25, 0.3) is 0 Å². The number of carboxylic acid groups (broad SMARTS) is 1. The van der Waals surface area contributed by atoms with Gasteiger partial charge >= 0.3 is 5.97 Å². The average Bonchev–Trinajstić information content (AvgIpc) is 2.88. The lowest BCUT2D eigenvalue weighted by Gasteiger charge is -2.08. The van der Waals surface area contributed by atoms with E-state index in [1.54, 1.807) is 13.0 Å². The van der Waals surface area contributed by atoms with Crippen LogP contribution >= 0.6 is 11.3 Å². The number of hydrogen-bond acceptors (Lipinski definition) is 4. The van der Waals surface area contributed by atoms with Crippen molar-refractivity contribution in [1.29, 1.82) is 0 Å². The second-order valence-corrected chi connectivity index (χ2v) is 5.37. The van der Waals surface area contributed by atoms with Crippen LogP contribution in [0.4, 0.5) is 5.00 Å². The van der Waals surface area contributed by atoms with Gasteiger partial charge in [-0.3, -0.25) is 4.79 Å². The molecule has 0 spiro atoms. The van der Waals surface area contributed by atoms with Gasteiger partial charge < -0.3 is 15.2 Å². The average molecular weight is 269 g/mol. The highest BCUT2D eigenvalue weighted by molar-refractivity contribution is 7.18. The van der Waals surface area contributed by atoms with Crippen LogP contribution < -0.4 is 5.32 Å². The zero-order valence-electron chi connectivity index (χ0n) is 10.1. The number of hydrogen-bond donors (Lipinski definition) is 2. The lowest BCUT2D eigenvalue weighted by molar-refractivity contribution is -0.118. The number of rotatable bonds is 4. The van der Waals surface area contributed by atoms with Gasteiger partial charge in [0, 0.05) is 6.61 Å². The molecule has 2 heterocycles. The van der Waals surface area contributed by atoms with Gasteiger partial charge in [0.25, 0.3) is 0 Å². The standard InChI is InChI=1S/C12H15NO4S/c1-7-5-10(18-11(7)12(15)16)13-9(14)6-8-3-2-4-17-8/h5,8H,2-4,6H2,1H3,(H,13,14)(H,15,16). The highest BCUT2D eigenvalue weighted by Crippen LogP contribution is 2.27. The molecule has 0 aliphatic carbocycles. The molecule has 1 aromatic rings. The molecule has 0 aromatic carbocycles. The Bertz CT molecular complexity index is 463. The van der Waals surface area contributed by atoms with Crippen molar-refractivity contribution in [2.45, 2.75) is 32.3 Å². The fourth-order valence-electron chi connectivity index (χ4n) is 1.96. The van der Waals surface area contributed by atoms with Gasteiger partial charge in [-0.2, -0.15) is 0 Å². The summed E-state index contributed by atoms with van der Waals surface area (Å²) in [4.78, 5) is 22.9. The van der Waals surface area contributed by atoms with Gasteiger partial charge in [0.2, 0.25) is 5.91 Å². The Hall–Kier alpha value is -1.40. The van der Waals surface area contributed by atoms with E-state index in [9.17, 15) is 9.59 Å². The third-order valence-electron chi connectivity index (χ3n) is 2.81. The molecule has 0 bridgehead atoms. The predicted molar refractivity (Wildman–Crippen MR) is 68.2 cm³/mol. The van der Waals surface area contributed by atoms with Gasteiger partial charge in [-0.05, 0) is 31.4 Å². The third-order valence-corrected chi connectivity index (χ3v) is 3.95. The van der Waals surface area contributed by atoms with Crippen LogP contribution in [0.2, 0.25) is 0 Å². The normalized spacial score (nSPS) is 18.8. The molecule has 1 unspecified atom stereocenters. The first-order valence-corrected chi connectivity index (χ1v) is 6.63. The Morgan fingerprint density at radius 3 is 2.94 bits per heavy atom. The number of carbonyl (C=O) groups is 2. The molecule has 1 aliphatic rings. The number of aromatic carboxylic acids is 1. The molecule has 2 N–H and O–H groups in total. The van der Waals surface area contributed by atoms with Crippen molar-refractivity contribution in [3.8, 4) is 0 Å². The van der Waals surface area contributed by atoms with E-state index < -0.39 is 5.97 Å². The second kappa shape index (κ2) is 5.49. The van der Waals surface area contributed by atoms with E-state index >= 15 is 0 Å². The Morgan fingerprint density at radius 2 is 2.39 bits per heavy atom. The monoisotopic (exact) mass is 269 g/mol. The van der Waals surface area contributed by atoms with Gasteiger partial charge in [-0.25, -0.2) is 4.79 Å². The molecule has 5 nitrogen and oxygen atoms in total. The molecular formula is C12H15NO4S. The molecule has 1 fully saturated rings. The maximum atomic E-state index is 11.7. The van der Waals surface area contributed by atoms with Crippen LogP contribution in [0.3, 0.4) is 0 Å². The molecule has 2 rings (SSSR count). The summed E-state index contributed by atoms with van der Waals surface area (Å²) >= 11 is 1.08. The van der Waals surface area contributed by atoms with Gasteiger partial charge in [-0.15, -0.1) is 11.3 Å². The van der Waals surface area contributed by atoms with Crippen molar-refractivity contribution < 1.29 is 19.4 Å². The van der Waals surface area contributed by atoms with Crippen molar-refractivity contribution in [1.82, 2.24) is 0 Å². The predicted octanol–water partition coefficient (Wildman–Crippen LogP) is 2.26. The zero-order chi connectivity index (χ0) is 13.1. The summed E-state index contributed by atoms with van der Waals surface area (Å²) in [6.45, 7) is 2.44. The summed E-state index contributed by atoms with van der Waals surface area (Å²) in [5, 5.41) is 12.2. The van der Waals surface area contributed by atoms with Gasteiger partial charge in [0.1, 0.15) is 4.88 Å². The number of carboxylic acids is 1. The van der Waals surface area contributed by atoms with Gasteiger partial charge in [0.05, 0.1) is 17.5 Å². The number of thiophene rings is 1. The van der Waals surface area contributed by atoms with Gasteiger partial charge in [0.15, 0.2) is 0 Å². The van der Waals surface area contributed by atoms with Crippen LogP contribution in [-0.2, 0) is 9.53 Å². The molecule has 6 heteroatoms. The Morgan fingerprint density at radius 1 is 1.61 bits per heavy atom. The molecular weight excluding hydrogens is 254 g/mol. The van der Waals surface area contributed by atoms with E-state index in [-0.39, 0.29) is 16.9 Å². The number of anilines is 1. The van der Waals surface area contributed by atoms with E-state index in [4.69, 9.17) is 9.84 Å². The fourth-order valence-corrected chi connectivity index (χ4v) is 2.88. The lowest BCUT2D eigenvalue weighted by atomic mass is 10.2. The minimum Gasteiger partial charge on any atom is -0.477 e. The van der Waals surface area contributed by atoms with E-state index in [2.05, 4.69) is 5.32 Å². The number of amides is 1. The SMILES string of the molecule is Cc1cc(NC(=O)CC2CCCO2)sc1C(=O)O. The maximum absolute atomic E-state index is 11.7. The first kappa shape index (κ1) is 13.0. The molecule has 0 radical (unpaired) electrons. The van der Waals surface area contributed by atoms with Crippen molar-refractivity contribution in [3.63, 3.8) is 0 Å². The number of nitrogens with one attached hydrogen (secondary N) is 1. The number of carbonyl (C=O) groups excluding carboxylic acids is 1. The Labute approximate surface area is 109 Å². The molecule has 1 saturated heterocycles. The van der Waals surface area contributed by atoms with Crippen LogP contribution in [0.15, 0.2) is 6.07 Å². The van der Waals surface area contributed by atoms with Crippen molar-refractivity contribution >= 4 is 28.2 Å². The minimum absolute atomic E-state index is 0.00463. The quantitative estimate of drug-likeness (QED) is 0.879. The minimum atomic E-state index is -0.961. The Balaban J connectivity index is 1.94. The first-order valence-electron chi connectivity index (χ1n) is 5.81. The third kappa shape index (κ3) is 3.08. The van der Waals surface area contributed by atoms with Crippen LogP contribution in [0.1, 0.15) is 34.5 Å². The Kier molecular flexibility index (Phi) is 3.98. The highest BCUT2D eigenvalue weighted by atomic mass is 32.1. The second-order valence-electron chi connectivity index (χ2n) is 4.32. The summed E-state index contributed by atoms with van der Waals surface area (Å²) in [7, 11) is 0. The van der Waals surface area contributed by atoms with E-state index in [0.717, 1.165) is 30.8 Å². The maximum Gasteiger partial charge on any atom is 0.346 e. The van der Waals surface area contributed by atoms with Gasteiger partial charge in [-0.1, -0.05) is 0 Å². The first-order chi connectivity index (χ1) is 8.56. The summed E-state index contributed by atoms with van der Waals surface area (Å²) in [6.07, 6.45) is 2.25. The highest BCUT2D eigenvalue weighted by Gasteiger charge is 2.20. The molecule has 1 aromatic heterocycles. The molecule has 1 amide bonds. The number of aryl methyl sites for hydroxylation is 1. The van der Waals surface area contributed by atoms with Crippen LogP contribution in [0.5, 0.6) is 0 Å². The molecule has 1 atom stereocenters. The fraction of sp³-hybridized carbons (Fsp3) is 0.500. The lowest BCUT2D eigenvalue weighted by Crippen LogP contribution is -2.18.